The van der Waals surface area contributed by atoms with Crippen molar-refractivity contribution in [2.45, 2.75) is 38.6 Å². The maximum atomic E-state index is 11.7. The molecule has 4 nitrogen and oxygen atoms in total. The average molecular weight is 214 g/mol. The lowest BCUT2D eigenvalue weighted by Crippen LogP contribution is -2.30. The maximum absolute atomic E-state index is 11.7. The van der Waals surface area contributed by atoms with Crippen molar-refractivity contribution >= 4 is 5.91 Å². The van der Waals surface area contributed by atoms with Gasteiger partial charge in [-0.15, -0.1) is 0 Å². The summed E-state index contributed by atoms with van der Waals surface area (Å²) in [5.74, 6) is 0.710. The van der Waals surface area contributed by atoms with Crippen LogP contribution in [0, 0.1) is 5.92 Å². The minimum absolute atomic E-state index is 0.102. The second-order valence-electron chi connectivity index (χ2n) is 4.52. The van der Waals surface area contributed by atoms with E-state index in [-0.39, 0.29) is 18.6 Å². The first-order valence-corrected chi connectivity index (χ1v) is 5.77. The summed E-state index contributed by atoms with van der Waals surface area (Å²) in [6.07, 6.45) is 3.17. The molecule has 3 N–H and O–H groups in total. The molecular formula is C11H22N2O2. The molecular weight excluding hydrogens is 192 g/mol. The van der Waals surface area contributed by atoms with E-state index in [0.29, 0.717) is 12.3 Å². The molecule has 0 aliphatic carbocycles. The van der Waals surface area contributed by atoms with Crippen molar-refractivity contribution in [1.29, 1.82) is 0 Å². The molecule has 0 bridgehead atoms. The van der Waals surface area contributed by atoms with Gasteiger partial charge < -0.3 is 15.7 Å². The summed E-state index contributed by atoms with van der Waals surface area (Å²) in [6, 6.07) is 0.102. The van der Waals surface area contributed by atoms with Crippen LogP contribution in [-0.2, 0) is 4.79 Å². The van der Waals surface area contributed by atoms with Crippen LogP contribution in [0.3, 0.4) is 0 Å². The van der Waals surface area contributed by atoms with Crippen LogP contribution in [0.25, 0.3) is 0 Å². The topological polar surface area (TPSA) is 66.6 Å². The first kappa shape index (κ1) is 12.5. The molecule has 1 aliphatic heterocycles. The molecule has 1 aliphatic rings. The monoisotopic (exact) mass is 214 g/mol. The van der Waals surface area contributed by atoms with Crippen LogP contribution in [0.2, 0.25) is 0 Å². The van der Waals surface area contributed by atoms with Gasteiger partial charge in [0.15, 0.2) is 0 Å². The van der Waals surface area contributed by atoms with E-state index in [1.165, 1.54) is 0 Å². The lowest BCUT2D eigenvalue weighted by molar-refractivity contribution is -0.130. The number of nitrogens with two attached hydrogens (primary N) is 1. The van der Waals surface area contributed by atoms with Crippen LogP contribution < -0.4 is 5.73 Å². The van der Waals surface area contributed by atoms with Crippen LogP contribution in [0.4, 0.5) is 0 Å². The Labute approximate surface area is 91.4 Å². The van der Waals surface area contributed by atoms with E-state index in [1.54, 1.807) is 0 Å². The summed E-state index contributed by atoms with van der Waals surface area (Å²) in [4.78, 5) is 13.6. The molecule has 88 valence electrons. The van der Waals surface area contributed by atoms with Crippen molar-refractivity contribution in [3.05, 3.63) is 0 Å². The largest absolute Gasteiger partial charge is 0.396 e. The summed E-state index contributed by atoms with van der Waals surface area (Å²) >= 11 is 0. The highest BCUT2D eigenvalue weighted by Gasteiger charge is 2.25. The van der Waals surface area contributed by atoms with Crippen LogP contribution in [0.1, 0.15) is 32.6 Å². The number of amides is 1. The van der Waals surface area contributed by atoms with E-state index in [9.17, 15) is 4.79 Å². The molecule has 1 rings (SSSR count). The Hall–Kier alpha value is -0.610. The van der Waals surface area contributed by atoms with Crippen LogP contribution in [0.15, 0.2) is 0 Å². The molecule has 0 radical (unpaired) electrons. The van der Waals surface area contributed by atoms with Gasteiger partial charge in [-0.2, -0.15) is 0 Å². The van der Waals surface area contributed by atoms with Gasteiger partial charge in [0.05, 0.1) is 0 Å². The third kappa shape index (κ3) is 4.18. The second kappa shape index (κ2) is 6.08. The zero-order valence-corrected chi connectivity index (χ0v) is 9.48. The quantitative estimate of drug-likeness (QED) is 0.693. The number of likely N-dealkylation sites (tertiary alicyclic amines) is 1. The third-order valence-electron chi connectivity index (χ3n) is 2.99. The predicted molar refractivity (Wildman–Crippen MR) is 59.3 cm³/mol. The van der Waals surface area contributed by atoms with Crippen molar-refractivity contribution in [3.63, 3.8) is 0 Å². The number of carbonyl (C=O) groups excluding carboxylic acids is 1. The molecule has 4 heteroatoms. The molecule has 2 unspecified atom stereocenters. The standard InChI is InChI=1S/C11H22N2O2/c1-9(12)2-3-11(15)13-6-4-10(8-13)5-7-14/h9-10,14H,2-8,12H2,1H3. The Kier molecular flexibility index (Phi) is 5.05. The minimum atomic E-state index is 0.102. The molecule has 1 amide bonds. The van der Waals surface area contributed by atoms with Gasteiger partial charge in [-0.25, -0.2) is 0 Å². The molecule has 0 aromatic rings. The molecule has 0 saturated carbocycles. The van der Waals surface area contributed by atoms with Crippen LogP contribution in [0.5, 0.6) is 0 Å². The Bertz CT molecular complexity index is 207. The van der Waals surface area contributed by atoms with Crippen molar-refractivity contribution in [1.82, 2.24) is 4.90 Å². The summed E-state index contributed by atoms with van der Waals surface area (Å²) in [6.45, 7) is 3.82. The zero-order chi connectivity index (χ0) is 11.3. The smallest absolute Gasteiger partial charge is 0.222 e. The van der Waals surface area contributed by atoms with Gasteiger partial charge in [-0.1, -0.05) is 0 Å². The lowest BCUT2D eigenvalue weighted by atomic mass is 10.1. The zero-order valence-electron chi connectivity index (χ0n) is 9.48. The number of rotatable bonds is 5. The molecule has 1 heterocycles. The molecule has 1 saturated heterocycles. The third-order valence-corrected chi connectivity index (χ3v) is 2.99. The van der Waals surface area contributed by atoms with E-state index >= 15 is 0 Å². The Balaban J connectivity index is 2.24. The number of aliphatic hydroxyl groups is 1. The van der Waals surface area contributed by atoms with Gasteiger partial charge in [-0.3, -0.25) is 4.79 Å². The van der Waals surface area contributed by atoms with Crippen LogP contribution in [-0.4, -0.2) is 41.7 Å². The molecule has 15 heavy (non-hydrogen) atoms. The Morgan fingerprint density at radius 3 is 3.00 bits per heavy atom. The highest BCUT2D eigenvalue weighted by molar-refractivity contribution is 5.76. The average Bonchev–Trinajstić information content (AvgIpc) is 2.63. The van der Waals surface area contributed by atoms with Gasteiger partial charge in [0, 0.05) is 32.2 Å². The molecule has 1 fully saturated rings. The molecule has 0 aromatic heterocycles. The van der Waals surface area contributed by atoms with Crippen molar-refractivity contribution < 1.29 is 9.90 Å². The number of hydrogen-bond acceptors (Lipinski definition) is 3. The SMILES string of the molecule is CC(N)CCC(=O)N1CCC(CCO)C1. The first-order valence-electron chi connectivity index (χ1n) is 5.77. The maximum Gasteiger partial charge on any atom is 0.222 e. The van der Waals surface area contributed by atoms with E-state index < -0.39 is 0 Å². The highest BCUT2D eigenvalue weighted by atomic mass is 16.3. The highest BCUT2D eigenvalue weighted by Crippen LogP contribution is 2.20. The molecule has 2 atom stereocenters. The van der Waals surface area contributed by atoms with Gasteiger partial charge in [0.1, 0.15) is 0 Å². The van der Waals surface area contributed by atoms with Crippen molar-refractivity contribution in [3.8, 4) is 0 Å². The van der Waals surface area contributed by atoms with E-state index in [4.69, 9.17) is 10.8 Å². The van der Waals surface area contributed by atoms with Gasteiger partial charge >= 0.3 is 0 Å². The first-order chi connectivity index (χ1) is 7.13. The Morgan fingerprint density at radius 1 is 1.67 bits per heavy atom. The number of nitrogens with zero attached hydrogens (tertiary/aromatic N) is 1. The van der Waals surface area contributed by atoms with Gasteiger partial charge in [-0.05, 0) is 32.1 Å². The second-order valence-corrected chi connectivity index (χ2v) is 4.52. The van der Waals surface area contributed by atoms with E-state index in [1.807, 2.05) is 11.8 Å². The summed E-state index contributed by atoms with van der Waals surface area (Å²) < 4.78 is 0. The van der Waals surface area contributed by atoms with E-state index in [0.717, 1.165) is 32.4 Å². The normalized spacial score (nSPS) is 23.1. The van der Waals surface area contributed by atoms with E-state index in [2.05, 4.69) is 0 Å². The lowest BCUT2D eigenvalue weighted by Gasteiger charge is -2.16. The number of aliphatic hydroxyl groups excluding tert-OH is 1. The summed E-state index contributed by atoms with van der Waals surface area (Å²) in [5, 5.41) is 8.81. The van der Waals surface area contributed by atoms with Crippen molar-refractivity contribution in [2.24, 2.45) is 11.7 Å². The predicted octanol–water partition coefficient (Wildman–Crippen LogP) is 0.345. The summed E-state index contributed by atoms with van der Waals surface area (Å²) in [5.41, 5.74) is 5.61. The number of carbonyl (C=O) groups is 1. The summed E-state index contributed by atoms with van der Waals surface area (Å²) in [7, 11) is 0. The van der Waals surface area contributed by atoms with Crippen molar-refractivity contribution in [2.75, 3.05) is 19.7 Å². The minimum Gasteiger partial charge on any atom is -0.396 e. The fourth-order valence-corrected chi connectivity index (χ4v) is 1.99. The van der Waals surface area contributed by atoms with Crippen LogP contribution >= 0.6 is 0 Å². The van der Waals surface area contributed by atoms with Gasteiger partial charge in [0.25, 0.3) is 0 Å². The van der Waals surface area contributed by atoms with Gasteiger partial charge in [0.2, 0.25) is 5.91 Å². The fraction of sp³-hybridized carbons (Fsp3) is 0.909. The fourth-order valence-electron chi connectivity index (χ4n) is 1.99. The number of hydrogen-bond donors (Lipinski definition) is 2. The molecule has 0 aromatic carbocycles. The Morgan fingerprint density at radius 2 is 2.40 bits per heavy atom. The molecule has 0 spiro atoms.